The van der Waals surface area contributed by atoms with E-state index in [4.69, 9.17) is 0 Å². The highest BCUT2D eigenvalue weighted by Gasteiger charge is 2.21. The number of amides is 2. The van der Waals surface area contributed by atoms with Crippen molar-refractivity contribution in [2.45, 2.75) is 52.7 Å². The first-order chi connectivity index (χ1) is 14.7. The SMILES string of the molecule is Cc1cc(C)n(Cc2cccc(NC(=O)NCC(C)(C)NC(C)c3ccccc3)c2)n1. The van der Waals surface area contributed by atoms with Gasteiger partial charge in [-0.1, -0.05) is 42.5 Å². The van der Waals surface area contributed by atoms with E-state index in [9.17, 15) is 4.79 Å². The third-order valence-electron chi connectivity index (χ3n) is 5.22. The van der Waals surface area contributed by atoms with Crippen LogP contribution in [0.1, 0.15) is 49.3 Å². The van der Waals surface area contributed by atoms with Gasteiger partial charge in [0.2, 0.25) is 0 Å². The third kappa shape index (κ3) is 6.69. The molecule has 0 spiro atoms. The van der Waals surface area contributed by atoms with Gasteiger partial charge in [-0.05, 0) is 63.9 Å². The van der Waals surface area contributed by atoms with E-state index in [1.54, 1.807) is 0 Å². The fourth-order valence-corrected chi connectivity index (χ4v) is 3.69. The Morgan fingerprint density at radius 3 is 2.48 bits per heavy atom. The van der Waals surface area contributed by atoms with Gasteiger partial charge in [-0.25, -0.2) is 4.79 Å². The van der Waals surface area contributed by atoms with Crippen molar-refractivity contribution in [3.63, 3.8) is 0 Å². The highest BCUT2D eigenvalue weighted by atomic mass is 16.2. The number of carbonyl (C=O) groups excluding carboxylic acids is 1. The summed E-state index contributed by atoms with van der Waals surface area (Å²) in [6.45, 7) is 11.5. The number of urea groups is 1. The number of nitrogens with one attached hydrogen (secondary N) is 3. The Hall–Kier alpha value is -3.12. The largest absolute Gasteiger partial charge is 0.336 e. The first-order valence-electron chi connectivity index (χ1n) is 10.7. The molecule has 1 unspecified atom stereocenters. The van der Waals surface area contributed by atoms with Crippen molar-refractivity contribution in [2.75, 3.05) is 11.9 Å². The Labute approximate surface area is 185 Å². The molecule has 6 heteroatoms. The van der Waals surface area contributed by atoms with Gasteiger partial charge < -0.3 is 16.0 Å². The minimum Gasteiger partial charge on any atom is -0.336 e. The fourth-order valence-electron chi connectivity index (χ4n) is 3.69. The van der Waals surface area contributed by atoms with Crippen molar-refractivity contribution in [3.05, 3.63) is 83.2 Å². The van der Waals surface area contributed by atoms with Gasteiger partial charge in [0.05, 0.1) is 12.2 Å². The minimum atomic E-state index is -0.260. The van der Waals surface area contributed by atoms with E-state index in [1.807, 2.05) is 61.0 Å². The Kier molecular flexibility index (Phi) is 7.13. The van der Waals surface area contributed by atoms with E-state index in [1.165, 1.54) is 5.56 Å². The molecule has 1 atom stereocenters. The Balaban J connectivity index is 1.52. The highest BCUT2D eigenvalue weighted by Crippen LogP contribution is 2.16. The second-order valence-corrected chi connectivity index (χ2v) is 8.75. The van der Waals surface area contributed by atoms with E-state index in [-0.39, 0.29) is 17.6 Å². The number of carbonyl (C=O) groups is 1. The van der Waals surface area contributed by atoms with E-state index in [2.05, 4.69) is 60.0 Å². The number of aryl methyl sites for hydroxylation is 2. The zero-order chi connectivity index (χ0) is 22.4. The molecule has 3 aromatic rings. The van der Waals surface area contributed by atoms with Crippen LogP contribution >= 0.6 is 0 Å². The summed E-state index contributed by atoms with van der Waals surface area (Å²) in [7, 11) is 0. The van der Waals surface area contributed by atoms with Crippen LogP contribution in [-0.4, -0.2) is 27.9 Å². The van der Waals surface area contributed by atoms with Gasteiger partial charge in [0.1, 0.15) is 0 Å². The van der Waals surface area contributed by atoms with Crippen LogP contribution in [0.25, 0.3) is 0 Å². The molecule has 0 radical (unpaired) electrons. The maximum Gasteiger partial charge on any atom is 0.319 e. The molecule has 164 valence electrons. The van der Waals surface area contributed by atoms with Gasteiger partial charge in [0.25, 0.3) is 0 Å². The van der Waals surface area contributed by atoms with Crippen LogP contribution < -0.4 is 16.0 Å². The molecule has 0 aliphatic carbocycles. The molecule has 0 saturated heterocycles. The lowest BCUT2D eigenvalue weighted by atomic mass is 10.0. The van der Waals surface area contributed by atoms with Crippen molar-refractivity contribution < 1.29 is 4.79 Å². The molecule has 3 N–H and O–H groups in total. The average Bonchev–Trinajstić information content (AvgIpc) is 3.04. The number of aromatic nitrogens is 2. The normalized spacial score (nSPS) is 12.4. The van der Waals surface area contributed by atoms with E-state index >= 15 is 0 Å². The molecular weight excluding hydrogens is 386 g/mol. The molecule has 3 rings (SSSR count). The number of hydrogen-bond donors (Lipinski definition) is 3. The summed E-state index contributed by atoms with van der Waals surface area (Å²) in [5.74, 6) is 0. The molecule has 0 aliphatic rings. The zero-order valence-electron chi connectivity index (χ0n) is 19.1. The number of hydrogen-bond acceptors (Lipinski definition) is 3. The number of nitrogens with zero attached hydrogens (tertiary/aromatic N) is 2. The third-order valence-corrected chi connectivity index (χ3v) is 5.22. The Bertz CT molecular complexity index is 1010. The predicted molar refractivity (Wildman–Crippen MR) is 126 cm³/mol. The molecule has 0 fully saturated rings. The van der Waals surface area contributed by atoms with Crippen LogP contribution in [0.4, 0.5) is 10.5 Å². The lowest BCUT2D eigenvalue weighted by Crippen LogP contribution is -2.50. The second-order valence-electron chi connectivity index (χ2n) is 8.75. The summed E-state index contributed by atoms with van der Waals surface area (Å²) in [4.78, 5) is 12.5. The van der Waals surface area contributed by atoms with Crippen LogP contribution in [0.5, 0.6) is 0 Å². The molecule has 0 aliphatic heterocycles. The second kappa shape index (κ2) is 9.79. The number of benzene rings is 2. The molecule has 0 saturated carbocycles. The topological polar surface area (TPSA) is 71.0 Å². The maximum atomic E-state index is 12.5. The molecule has 1 heterocycles. The molecule has 31 heavy (non-hydrogen) atoms. The summed E-state index contributed by atoms with van der Waals surface area (Å²) < 4.78 is 1.97. The Morgan fingerprint density at radius 2 is 1.81 bits per heavy atom. The summed E-state index contributed by atoms with van der Waals surface area (Å²) in [5, 5.41) is 14.0. The zero-order valence-corrected chi connectivity index (χ0v) is 19.1. The molecule has 2 amide bonds. The summed E-state index contributed by atoms with van der Waals surface area (Å²) in [6.07, 6.45) is 0. The van der Waals surface area contributed by atoms with Gasteiger partial charge in [0.15, 0.2) is 0 Å². The van der Waals surface area contributed by atoms with Gasteiger partial charge in [-0.15, -0.1) is 0 Å². The van der Waals surface area contributed by atoms with Crippen LogP contribution in [0.3, 0.4) is 0 Å². The van der Waals surface area contributed by atoms with Gasteiger partial charge >= 0.3 is 6.03 Å². The molecule has 6 nitrogen and oxygen atoms in total. The smallest absolute Gasteiger partial charge is 0.319 e. The first kappa shape index (κ1) is 22.6. The standard InChI is InChI=1S/C25H33N5O/c1-18-14-19(2)30(29-18)16-21-10-9-13-23(15-21)27-24(31)26-17-25(4,5)28-20(3)22-11-7-6-8-12-22/h6-15,20,28H,16-17H2,1-5H3,(H2,26,27,31). The van der Waals surface area contributed by atoms with Gasteiger partial charge in [-0.2, -0.15) is 5.10 Å². The molecule has 1 aromatic heterocycles. The number of anilines is 1. The predicted octanol–water partition coefficient (Wildman–Crippen LogP) is 4.80. The van der Waals surface area contributed by atoms with Crippen molar-refractivity contribution in [1.82, 2.24) is 20.4 Å². The summed E-state index contributed by atoms with van der Waals surface area (Å²) in [5.41, 5.74) is 4.93. The lowest BCUT2D eigenvalue weighted by molar-refractivity contribution is 0.246. The van der Waals surface area contributed by atoms with E-state index in [0.29, 0.717) is 13.1 Å². The Morgan fingerprint density at radius 1 is 1.06 bits per heavy atom. The van der Waals surface area contributed by atoms with Crippen molar-refractivity contribution >= 4 is 11.7 Å². The fraction of sp³-hybridized carbons (Fsp3) is 0.360. The molecule has 2 aromatic carbocycles. The molecule has 0 bridgehead atoms. The highest BCUT2D eigenvalue weighted by molar-refractivity contribution is 5.89. The molecular formula is C25H33N5O. The lowest BCUT2D eigenvalue weighted by Gasteiger charge is -2.31. The van der Waals surface area contributed by atoms with Crippen molar-refractivity contribution in [1.29, 1.82) is 0 Å². The van der Waals surface area contributed by atoms with Crippen LogP contribution in [0.2, 0.25) is 0 Å². The monoisotopic (exact) mass is 419 g/mol. The average molecular weight is 420 g/mol. The van der Waals surface area contributed by atoms with E-state index in [0.717, 1.165) is 22.6 Å². The quantitative estimate of drug-likeness (QED) is 0.491. The van der Waals surface area contributed by atoms with E-state index < -0.39 is 0 Å². The first-order valence-corrected chi connectivity index (χ1v) is 10.7. The summed E-state index contributed by atoms with van der Waals surface area (Å²) >= 11 is 0. The van der Waals surface area contributed by atoms with Gasteiger partial charge in [-0.3, -0.25) is 4.68 Å². The minimum absolute atomic E-state index is 0.187. The maximum absolute atomic E-state index is 12.5. The van der Waals surface area contributed by atoms with Crippen LogP contribution in [0, 0.1) is 13.8 Å². The van der Waals surface area contributed by atoms with Crippen LogP contribution in [0.15, 0.2) is 60.7 Å². The summed E-state index contributed by atoms with van der Waals surface area (Å²) in [6, 6.07) is 20.2. The van der Waals surface area contributed by atoms with Gasteiger partial charge in [0, 0.05) is 29.5 Å². The van der Waals surface area contributed by atoms with Crippen molar-refractivity contribution in [3.8, 4) is 0 Å². The number of rotatable bonds is 8. The van der Waals surface area contributed by atoms with Crippen molar-refractivity contribution in [2.24, 2.45) is 0 Å². The van der Waals surface area contributed by atoms with Crippen LogP contribution in [-0.2, 0) is 6.54 Å².